The Hall–Kier alpha value is -1.19. The topological polar surface area (TPSA) is 46.3 Å². The van der Waals surface area contributed by atoms with Gasteiger partial charge in [-0.1, -0.05) is 44.2 Å². The maximum atomic E-state index is 11.9. The van der Waals surface area contributed by atoms with Crippen molar-refractivity contribution in [3.63, 3.8) is 0 Å². The number of rotatable bonds is 7. The first-order chi connectivity index (χ1) is 8.54. The van der Waals surface area contributed by atoms with E-state index in [2.05, 4.69) is 17.0 Å². The fourth-order valence-corrected chi connectivity index (χ4v) is 1.95. The van der Waals surface area contributed by atoms with E-state index in [1.807, 2.05) is 39.1 Å². The Morgan fingerprint density at radius 2 is 1.94 bits per heavy atom. The molecular formula is C15H24N2O. The van der Waals surface area contributed by atoms with Gasteiger partial charge in [-0.2, -0.15) is 0 Å². The molecule has 0 radical (unpaired) electrons. The van der Waals surface area contributed by atoms with Crippen molar-refractivity contribution in [2.45, 2.75) is 32.9 Å². The Morgan fingerprint density at radius 3 is 2.50 bits per heavy atom. The third-order valence-corrected chi connectivity index (χ3v) is 3.27. The van der Waals surface area contributed by atoms with Crippen LogP contribution in [0.5, 0.6) is 0 Å². The third-order valence-electron chi connectivity index (χ3n) is 3.27. The number of nitrogens with two attached hydrogens (primary N) is 1. The molecule has 0 bridgehead atoms. The molecule has 2 atom stereocenters. The molecule has 18 heavy (non-hydrogen) atoms. The first-order valence-electron chi connectivity index (χ1n) is 6.56. The summed E-state index contributed by atoms with van der Waals surface area (Å²) in [6.45, 7) is 5.39. The number of Topliss-reactive ketones (excluding diaryl/α,β-unsaturated/α-hetero) is 1. The predicted molar refractivity (Wildman–Crippen MR) is 75.2 cm³/mol. The van der Waals surface area contributed by atoms with Gasteiger partial charge in [0.05, 0.1) is 6.04 Å². The number of hydrogen-bond acceptors (Lipinski definition) is 3. The molecule has 2 unspecified atom stereocenters. The second-order valence-corrected chi connectivity index (χ2v) is 5.00. The molecule has 0 aliphatic rings. The molecule has 3 nitrogen and oxygen atoms in total. The van der Waals surface area contributed by atoms with Gasteiger partial charge in [0.25, 0.3) is 0 Å². The van der Waals surface area contributed by atoms with Crippen LogP contribution in [0, 0.1) is 5.92 Å². The summed E-state index contributed by atoms with van der Waals surface area (Å²) in [7, 11) is 2.00. The lowest BCUT2D eigenvalue weighted by atomic mass is 9.98. The Bertz CT molecular complexity index is 364. The summed E-state index contributed by atoms with van der Waals surface area (Å²) < 4.78 is 0. The van der Waals surface area contributed by atoms with Crippen molar-refractivity contribution in [3.05, 3.63) is 35.9 Å². The number of carbonyl (C=O) groups is 1. The van der Waals surface area contributed by atoms with Gasteiger partial charge >= 0.3 is 0 Å². The van der Waals surface area contributed by atoms with E-state index in [0.29, 0.717) is 6.54 Å². The van der Waals surface area contributed by atoms with Crippen molar-refractivity contribution < 1.29 is 4.79 Å². The molecule has 0 aromatic heterocycles. The lowest BCUT2D eigenvalue weighted by Gasteiger charge is -2.22. The maximum absolute atomic E-state index is 11.9. The Morgan fingerprint density at radius 1 is 1.33 bits per heavy atom. The van der Waals surface area contributed by atoms with E-state index in [-0.39, 0.29) is 17.7 Å². The van der Waals surface area contributed by atoms with Gasteiger partial charge in [0.1, 0.15) is 0 Å². The Balaban J connectivity index is 2.45. The second-order valence-electron chi connectivity index (χ2n) is 5.00. The average molecular weight is 248 g/mol. The minimum atomic E-state index is -0.381. The summed E-state index contributed by atoms with van der Waals surface area (Å²) in [5, 5.41) is 0. The van der Waals surface area contributed by atoms with Crippen molar-refractivity contribution in [1.82, 2.24) is 4.90 Å². The summed E-state index contributed by atoms with van der Waals surface area (Å²) in [4.78, 5) is 14.0. The third kappa shape index (κ3) is 4.59. The number of benzene rings is 1. The van der Waals surface area contributed by atoms with Gasteiger partial charge in [0.2, 0.25) is 0 Å². The van der Waals surface area contributed by atoms with Gasteiger partial charge in [0, 0.05) is 19.0 Å². The molecule has 0 heterocycles. The standard InChI is InChI=1S/C15H24N2O/c1-4-12(2)15(18)14(16)11-17(3)10-13-8-6-5-7-9-13/h5-9,12,14H,4,10-11,16H2,1-3H3. The van der Waals surface area contributed by atoms with E-state index >= 15 is 0 Å². The van der Waals surface area contributed by atoms with E-state index in [4.69, 9.17) is 5.73 Å². The lowest BCUT2D eigenvalue weighted by molar-refractivity contribution is -0.124. The molecular weight excluding hydrogens is 224 g/mol. The molecule has 0 amide bonds. The van der Waals surface area contributed by atoms with Crippen LogP contribution in [0.15, 0.2) is 30.3 Å². The normalized spacial score (nSPS) is 14.5. The SMILES string of the molecule is CCC(C)C(=O)C(N)CN(C)Cc1ccccc1. The van der Waals surface area contributed by atoms with Crippen molar-refractivity contribution in [1.29, 1.82) is 0 Å². The molecule has 2 N–H and O–H groups in total. The highest BCUT2D eigenvalue weighted by Crippen LogP contribution is 2.07. The fraction of sp³-hybridized carbons (Fsp3) is 0.533. The highest BCUT2D eigenvalue weighted by molar-refractivity contribution is 5.85. The van der Waals surface area contributed by atoms with Crippen LogP contribution in [0.4, 0.5) is 0 Å². The van der Waals surface area contributed by atoms with E-state index in [1.165, 1.54) is 5.56 Å². The number of hydrogen-bond donors (Lipinski definition) is 1. The molecule has 0 saturated heterocycles. The maximum Gasteiger partial charge on any atom is 0.153 e. The number of ketones is 1. The zero-order valence-corrected chi connectivity index (χ0v) is 11.6. The molecule has 3 heteroatoms. The molecule has 0 spiro atoms. The van der Waals surface area contributed by atoms with Gasteiger partial charge < -0.3 is 10.6 Å². The van der Waals surface area contributed by atoms with Crippen LogP contribution < -0.4 is 5.73 Å². The molecule has 0 saturated carbocycles. The summed E-state index contributed by atoms with van der Waals surface area (Å²) in [5.74, 6) is 0.225. The van der Waals surface area contributed by atoms with Crippen LogP contribution in [0.2, 0.25) is 0 Å². The van der Waals surface area contributed by atoms with Crippen molar-refractivity contribution in [2.75, 3.05) is 13.6 Å². The van der Waals surface area contributed by atoms with Crippen molar-refractivity contribution >= 4 is 5.78 Å². The van der Waals surface area contributed by atoms with Crippen molar-refractivity contribution in [3.8, 4) is 0 Å². The van der Waals surface area contributed by atoms with Crippen LogP contribution in [-0.2, 0) is 11.3 Å². The molecule has 0 aliphatic heterocycles. The van der Waals surface area contributed by atoms with Crippen LogP contribution >= 0.6 is 0 Å². The lowest BCUT2D eigenvalue weighted by Crippen LogP contribution is -2.43. The minimum absolute atomic E-state index is 0.0603. The Labute approximate surface area is 110 Å². The summed E-state index contributed by atoms with van der Waals surface area (Å²) >= 11 is 0. The minimum Gasteiger partial charge on any atom is -0.320 e. The van der Waals surface area contributed by atoms with Crippen LogP contribution in [0.1, 0.15) is 25.8 Å². The molecule has 0 fully saturated rings. The van der Waals surface area contributed by atoms with E-state index in [1.54, 1.807) is 0 Å². The summed E-state index contributed by atoms with van der Waals surface area (Å²) in [6.07, 6.45) is 0.856. The molecule has 1 aromatic rings. The van der Waals surface area contributed by atoms with E-state index < -0.39 is 0 Å². The largest absolute Gasteiger partial charge is 0.320 e. The zero-order chi connectivity index (χ0) is 13.5. The van der Waals surface area contributed by atoms with Gasteiger partial charge in [-0.15, -0.1) is 0 Å². The number of likely N-dealkylation sites (N-methyl/N-ethyl adjacent to an activating group) is 1. The first kappa shape index (κ1) is 14.9. The van der Waals surface area contributed by atoms with Crippen LogP contribution in [-0.4, -0.2) is 30.3 Å². The molecule has 1 rings (SSSR count). The highest BCUT2D eigenvalue weighted by Gasteiger charge is 2.20. The van der Waals surface area contributed by atoms with Crippen molar-refractivity contribution in [2.24, 2.45) is 11.7 Å². The van der Waals surface area contributed by atoms with Gasteiger partial charge in [-0.25, -0.2) is 0 Å². The number of nitrogens with zero attached hydrogens (tertiary/aromatic N) is 1. The predicted octanol–water partition coefficient (Wildman–Crippen LogP) is 2.06. The summed E-state index contributed by atoms with van der Waals surface area (Å²) in [5.41, 5.74) is 7.20. The molecule has 1 aromatic carbocycles. The quantitative estimate of drug-likeness (QED) is 0.803. The van der Waals surface area contributed by atoms with E-state index in [0.717, 1.165) is 13.0 Å². The van der Waals surface area contributed by atoms with Gasteiger partial charge in [0.15, 0.2) is 5.78 Å². The van der Waals surface area contributed by atoms with Crippen LogP contribution in [0.25, 0.3) is 0 Å². The first-order valence-corrected chi connectivity index (χ1v) is 6.56. The molecule has 100 valence electrons. The van der Waals surface area contributed by atoms with E-state index in [9.17, 15) is 4.79 Å². The van der Waals surface area contributed by atoms with Crippen LogP contribution in [0.3, 0.4) is 0 Å². The zero-order valence-electron chi connectivity index (χ0n) is 11.6. The Kier molecular flexibility index (Phi) is 6.02. The van der Waals surface area contributed by atoms with Gasteiger partial charge in [-0.05, 0) is 19.0 Å². The average Bonchev–Trinajstić information content (AvgIpc) is 2.37. The smallest absolute Gasteiger partial charge is 0.153 e. The second kappa shape index (κ2) is 7.29. The number of carbonyl (C=O) groups excluding carboxylic acids is 1. The van der Waals surface area contributed by atoms with Gasteiger partial charge in [-0.3, -0.25) is 4.79 Å². The monoisotopic (exact) mass is 248 g/mol. The summed E-state index contributed by atoms with van der Waals surface area (Å²) in [6, 6.07) is 9.83. The highest BCUT2D eigenvalue weighted by atomic mass is 16.1. The fourth-order valence-electron chi connectivity index (χ4n) is 1.95. The molecule has 0 aliphatic carbocycles.